The Kier molecular flexibility index (Phi) is 4.31. The van der Waals surface area contributed by atoms with E-state index in [2.05, 4.69) is 20.4 Å². The molecule has 3 rings (SSSR count). The third kappa shape index (κ3) is 3.76. The number of nitrogens with one attached hydrogen (secondary N) is 1. The quantitative estimate of drug-likeness (QED) is 0.723. The minimum Gasteiger partial charge on any atom is -0.361 e. The van der Waals surface area contributed by atoms with Crippen molar-refractivity contribution in [1.29, 1.82) is 0 Å². The van der Waals surface area contributed by atoms with E-state index in [4.69, 9.17) is 11.6 Å². The molecular weight excluding hydrogens is 343 g/mol. The summed E-state index contributed by atoms with van der Waals surface area (Å²) in [6, 6.07) is 3.53. The highest BCUT2D eigenvalue weighted by atomic mass is 35.5. The second-order valence-corrected chi connectivity index (χ2v) is 5.70. The van der Waals surface area contributed by atoms with Crippen LogP contribution in [-0.4, -0.2) is 32.5 Å². The Labute approximate surface area is 140 Å². The molecule has 0 bridgehead atoms. The predicted molar refractivity (Wildman–Crippen MR) is 85.2 cm³/mol. The molecule has 0 unspecified atom stereocenters. The fourth-order valence-corrected chi connectivity index (χ4v) is 2.52. The first-order valence-electron chi connectivity index (χ1n) is 7.05. The summed E-state index contributed by atoms with van der Waals surface area (Å²) in [5, 5.41) is 7.80. The van der Waals surface area contributed by atoms with E-state index in [9.17, 15) is 13.2 Å². The average Bonchev–Trinajstić information content (AvgIpc) is 2.89. The van der Waals surface area contributed by atoms with Gasteiger partial charge in [0.1, 0.15) is 17.5 Å². The van der Waals surface area contributed by atoms with Crippen molar-refractivity contribution in [1.82, 2.24) is 19.7 Å². The SMILES string of the molecule is Cc1cc(Cn2cc3c(Cl)nccc3n2)cnc1NCC(F)(F)F. The van der Waals surface area contributed by atoms with Gasteiger partial charge in [-0.25, -0.2) is 9.97 Å². The molecule has 9 heteroatoms. The van der Waals surface area contributed by atoms with Gasteiger partial charge in [0.05, 0.1) is 17.4 Å². The van der Waals surface area contributed by atoms with E-state index in [1.807, 2.05) is 0 Å². The Hall–Kier alpha value is -2.35. The van der Waals surface area contributed by atoms with E-state index in [0.717, 1.165) is 16.5 Å². The molecule has 0 spiro atoms. The van der Waals surface area contributed by atoms with Gasteiger partial charge in [-0.3, -0.25) is 4.68 Å². The lowest BCUT2D eigenvalue weighted by atomic mass is 10.2. The highest BCUT2D eigenvalue weighted by Gasteiger charge is 2.27. The topological polar surface area (TPSA) is 55.6 Å². The molecule has 5 nitrogen and oxygen atoms in total. The zero-order valence-corrected chi connectivity index (χ0v) is 13.4. The Morgan fingerprint density at radius 1 is 1.29 bits per heavy atom. The number of alkyl halides is 3. The van der Waals surface area contributed by atoms with Crippen LogP contribution in [0.5, 0.6) is 0 Å². The molecule has 3 heterocycles. The number of hydrogen-bond donors (Lipinski definition) is 1. The summed E-state index contributed by atoms with van der Waals surface area (Å²) in [4.78, 5) is 8.05. The van der Waals surface area contributed by atoms with Gasteiger partial charge in [0.15, 0.2) is 0 Å². The third-order valence-corrected chi connectivity index (χ3v) is 3.67. The van der Waals surface area contributed by atoms with Crippen molar-refractivity contribution < 1.29 is 13.2 Å². The molecule has 3 aromatic heterocycles. The normalized spacial score (nSPS) is 11.9. The van der Waals surface area contributed by atoms with Crippen molar-refractivity contribution in [2.45, 2.75) is 19.6 Å². The van der Waals surface area contributed by atoms with E-state index < -0.39 is 12.7 Å². The first-order valence-corrected chi connectivity index (χ1v) is 7.43. The van der Waals surface area contributed by atoms with Crippen LogP contribution in [0.1, 0.15) is 11.1 Å². The molecule has 0 atom stereocenters. The lowest BCUT2D eigenvalue weighted by Gasteiger charge is -2.12. The Morgan fingerprint density at radius 3 is 2.75 bits per heavy atom. The summed E-state index contributed by atoms with van der Waals surface area (Å²) in [7, 11) is 0. The van der Waals surface area contributed by atoms with Gasteiger partial charge in [-0.2, -0.15) is 18.3 Å². The van der Waals surface area contributed by atoms with Crippen LogP contribution in [0.4, 0.5) is 19.0 Å². The van der Waals surface area contributed by atoms with Crippen LogP contribution < -0.4 is 5.32 Å². The zero-order chi connectivity index (χ0) is 17.3. The van der Waals surface area contributed by atoms with Gasteiger partial charge in [0.25, 0.3) is 0 Å². The molecule has 24 heavy (non-hydrogen) atoms. The molecule has 0 aromatic carbocycles. The highest BCUT2D eigenvalue weighted by molar-refractivity contribution is 6.34. The van der Waals surface area contributed by atoms with Gasteiger partial charge >= 0.3 is 6.18 Å². The van der Waals surface area contributed by atoms with E-state index in [0.29, 0.717) is 17.3 Å². The summed E-state index contributed by atoms with van der Waals surface area (Å²) in [5.41, 5.74) is 2.18. The maximum atomic E-state index is 12.3. The van der Waals surface area contributed by atoms with Crippen molar-refractivity contribution in [3.05, 3.63) is 47.0 Å². The van der Waals surface area contributed by atoms with E-state index in [1.165, 1.54) is 6.20 Å². The Balaban J connectivity index is 1.77. The lowest BCUT2D eigenvalue weighted by molar-refractivity contribution is -0.115. The number of nitrogens with zero attached hydrogens (tertiary/aromatic N) is 4. The van der Waals surface area contributed by atoms with Crippen molar-refractivity contribution in [3.63, 3.8) is 0 Å². The first-order chi connectivity index (χ1) is 11.3. The van der Waals surface area contributed by atoms with Crippen LogP contribution >= 0.6 is 11.6 Å². The molecule has 0 saturated heterocycles. The standard InChI is InChI=1S/C15H13ClF3N5/c1-9-4-10(5-21-14(9)22-8-15(17,18)19)6-24-7-11-12(23-24)2-3-20-13(11)16/h2-5,7H,6,8H2,1H3,(H,21,22). The first kappa shape index (κ1) is 16.5. The number of anilines is 1. The Bertz CT molecular complexity index is 875. The summed E-state index contributed by atoms with van der Waals surface area (Å²) < 4.78 is 38.5. The van der Waals surface area contributed by atoms with E-state index in [1.54, 1.807) is 36.1 Å². The summed E-state index contributed by atoms with van der Waals surface area (Å²) >= 11 is 6.01. The fraction of sp³-hybridized carbons (Fsp3) is 0.267. The van der Waals surface area contributed by atoms with Crippen molar-refractivity contribution in [3.8, 4) is 0 Å². The molecule has 0 fully saturated rings. The largest absolute Gasteiger partial charge is 0.405 e. The lowest BCUT2D eigenvalue weighted by Crippen LogP contribution is -2.22. The third-order valence-electron chi connectivity index (χ3n) is 3.37. The molecule has 0 amide bonds. The minimum atomic E-state index is -4.28. The van der Waals surface area contributed by atoms with Crippen LogP contribution in [0.15, 0.2) is 30.7 Å². The van der Waals surface area contributed by atoms with E-state index >= 15 is 0 Å². The number of pyridine rings is 2. The number of rotatable bonds is 4. The van der Waals surface area contributed by atoms with Gasteiger partial charge < -0.3 is 5.32 Å². The second-order valence-electron chi connectivity index (χ2n) is 5.34. The molecule has 0 saturated carbocycles. The van der Waals surface area contributed by atoms with Crippen LogP contribution in [0.3, 0.4) is 0 Å². The smallest absolute Gasteiger partial charge is 0.361 e. The molecule has 126 valence electrons. The summed E-state index contributed by atoms with van der Waals surface area (Å²) in [6.07, 6.45) is 0.595. The number of fused-ring (bicyclic) bond motifs is 1. The van der Waals surface area contributed by atoms with Gasteiger partial charge in [-0.15, -0.1) is 0 Å². The van der Waals surface area contributed by atoms with Gasteiger partial charge in [-0.05, 0) is 30.2 Å². The van der Waals surface area contributed by atoms with Crippen LogP contribution in [0.2, 0.25) is 5.15 Å². The Morgan fingerprint density at radius 2 is 2.08 bits per heavy atom. The van der Waals surface area contributed by atoms with Crippen LogP contribution in [0.25, 0.3) is 10.9 Å². The minimum absolute atomic E-state index is 0.217. The van der Waals surface area contributed by atoms with Gasteiger partial charge in [0.2, 0.25) is 0 Å². The average molecular weight is 356 g/mol. The van der Waals surface area contributed by atoms with Gasteiger partial charge in [-0.1, -0.05) is 11.6 Å². The maximum Gasteiger partial charge on any atom is 0.405 e. The molecule has 0 aliphatic rings. The molecule has 3 aromatic rings. The molecule has 0 aliphatic carbocycles. The highest BCUT2D eigenvalue weighted by Crippen LogP contribution is 2.21. The molecule has 0 aliphatic heterocycles. The van der Waals surface area contributed by atoms with Gasteiger partial charge in [0, 0.05) is 18.6 Å². The van der Waals surface area contributed by atoms with Crippen molar-refractivity contribution in [2.75, 3.05) is 11.9 Å². The molecular formula is C15H13ClF3N5. The van der Waals surface area contributed by atoms with E-state index in [-0.39, 0.29) is 5.82 Å². The molecule has 1 N–H and O–H groups in total. The molecule has 0 radical (unpaired) electrons. The van der Waals surface area contributed by atoms with Crippen molar-refractivity contribution in [2.24, 2.45) is 0 Å². The van der Waals surface area contributed by atoms with Crippen LogP contribution in [-0.2, 0) is 6.54 Å². The number of aromatic nitrogens is 4. The predicted octanol–water partition coefficient (Wildman–Crippen LogP) is 3.81. The number of halogens is 4. The summed E-state index contributed by atoms with van der Waals surface area (Å²) in [5.74, 6) is 0.217. The maximum absolute atomic E-state index is 12.3. The number of hydrogen-bond acceptors (Lipinski definition) is 4. The zero-order valence-electron chi connectivity index (χ0n) is 12.6. The monoisotopic (exact) mass is 355 g/mol. The fourth-order valence-electron chi connectivity index (χ4n) is 2.32. The van der Waals surface area contributed by atoms with Crippen molar-refractivity contribution >= 4 is 28.3 Å². The summed E-state index contributed by atoms with van der Waals surface area (Å²) in [6.45, 7) is 1.02. The number of aryl methyl sites for hydroxylation is 1. The second kappa shape index (κ2) is 6.27. The van der Waals surface area contributed by atoms with Crippen LogP contribution in [0, 0.1) is 6.92 Å².